The minimum atomic E-state index is -1.09. The van der Waals surface area contributed by atoms with Crippen LogP contribution in [0.2, 0.25) is 5.02 Å². The molecular weight excluding hydrogens is 539 g/mol. The molecule has 0 bridgehead atoms. The predicted octanol–water partition coefficient (Wildman–Crippen LogP) is 4.57. The summed E-state index contributed by atoms with van der Waals surface area (Å²) in [6.45, 7) is 2.85. The molecule has 0 saturated carbocycles. The quantitative estimate of drug-likeness (QED) is 0.301. The van der Waals surface area contributed by atoms with Crippen molar-refractivity contribution in [2.45, 2.75) is 19.4 Å². The number of hydrogen-bond donors (Lipinski definition) is 3. The van der Waals surface area contributed by atoms with E-state index in [2.05, 4.69) is 20.9 Å². The van der Waals surface area contributed by atoms with E-state index in [9.17, 15) is 23.9 Å². The van der Waals surface area contributed by atoms with Crippen molar-refractivity contribution < 1.29 is 23.9 Å². The van der Waals surface area contributed by atoms with Gasteiger partial charge >= 0.3 is 5.97 Å². The first-order valence-corrected chi connectivity index (χ1v) is 12.8. The van der Waals surface area contributed by atoms with E-state index in [1.165, 1.54) is 47.5 Å². The number of carbonyl (C=O) groups is 3. The van der Waals surface area contributed by atoms with E-state index >= 15 is 0 Å². The SMILES string of the molecule is CCNc1cccc2c1CCN(C(=O)c1cn(-c3cccc(Cl)c3F)nn1)C2C(=O)Nc1ccc(C(=O)O)cc1. The minimum Gasteiger partial charge on any atom is -0.478 e. The van der Waals surface area contributed by atoms with E-state index in [-0.39, 0.29) is 28.5 Å². The van der Waals surface area contributed by atoms with Crippen LogP contribution in [0.4, 0.5) is 15.8 Å². The van der Waals surface area contributed by atoms with Crippen molar-refractivity contribution in [3.8, 4) is 5.69 Å². The van der Waals surface area contributed by atoms with Crippen LogP contribution in [0.25, 0.3) is 5.69 Å². The Balaban J connectivity index is 1.50. The number of carboxylic acids is 1. The molecule has 1 aromatic heterocycles. The molecule has 1 aliphatic rings. The third-order valence-corrected chi connectivity index (χ3v) is 6.88. The third kappa shape index (κ3) is 5.10. The van der Waals surface area contributed by atoms with Crippen molar-refractivity contribution in [2.24, 2.45) is 0 Å². The highest BCUT2D eigenvalue weighted by atomic mass is 35.5. The largest absolute Gasteiger partial charge is 0.478 e. The molecule has 12 heteroatoms. The second-order valence-electron chi connectivity index (χ2n) is 9.05. The number of amides is 2. The Labute approximate surface area is 233 Å². The van der Waals surface area contributed by atoms with Gasteiger partial charge in [0, 0.05) is 24.5 Å². The molecule has 0 fully saturated rings. The smallest absolute Gasteiger partial charge is 0.335 e. The lowest BCUT2D eigenvalue weighted by Crippen LogP contribution is -2.45. The van der Waals surface area contributed by atoms with Gasteiger partial charge < -0.3 is 20.6 Å². The fraction of sp³-hybridized carbons (Fsp3) is 0.179. The first-order chi connectivity index (χ1) is 19.3. The second kappa shape index (κ2) is 11.1. The number of aromatic nitrogens is 3. The molecule has 2 amide bonds. The molecule has 40 heavy (non-hydrogen) atoms. The van der Waals surface area contributed by atoms with Gasteiger partial charge in [-0.1, -0.05) is 35.0 Å². The number of hydrogen-bond acceptors (Lipinski definition) is 6. The number of anilines is 2. The zero-order chi connectivity index (χ0) is 28.4. The van der Waals surface area contributed by atoms with E-state index in [1.807, 2.05) is 19.1 Å². The number of nitrogens with one attached hydrogen (secondary N) is 2. The maximum absolute atomic E-state index is 14.6. The molecule has 0 saturated heterocycles. The molecule has 0 spiro atoms. The van der Waals surface area contributed by atoms with Crippen LogP contribution in [0, 0.1) is 5.82 Å². The lowest BCUT2D eigenvalue weighted by atomic mass is 9.90. The third-order valence-electron chi connectivity index (χ3n) is 6.59. The predicted molar refractivity (Wildman–Crippen MR) is 146 cm³/mol. The Morgan fingerprint density at radius 1 is 1.10 bits per heavy atom. The van der Waals surface area contributed by atoms with Gasteiger partial charge in [0.05, 0.1) is 16.8 Å². The second-order valence-corrected chi connectivity index (χ2v) is 9.46. The molecule has 0 aliphatic carbocycles. The topological polar surface area (TPSA) is 129 Å². The van der Waals surface area contributed by atoms with Crippen LogP contribution < -0.4 is 10.6 Å². The van der Waals surface area contributed by atoms with Crippen molar-refractivity contribution in [3.05, 3.63) is 100 Å². The van der Waals surface area contributed by atoms with Crippen molar-refractivity contribution >= 4 is 40.8 Å². The molecule has 1 unspecified atom stereocenters. The highest BCUT2D eigenvalue weighted by molar-refractivity contribution is 6.30. The summed E-state index contributed by atoms with van der Waals surface area (Å²) < 4.78 is 15.7. The van der Waals surface area contributed by atoms with Crippen molar-refractivity contribution in [2.75, 3.05) is 23.7 Å². The maximum atomic E-state index is 14.6. The van der Waals surface area contributed by atoms with Crippen molar-refractivity contribution in [1.82, 2.24) is 19.9 Å². The Morgan fingerprint density at radius 2 is 1.85 bits per heavy atom. The first kappa shape index (κ1) is 26.8. The summed E-state index contributed by atoms with van der Waals surface area (Å²) in [6.07, 6.45) is 1.78. The number of rotatable bonds is 7. The molecular formula is C28H24ClFN6O4. The number of fused-ring (bicyclic) bond motifs is 1. The van der Waals surface area contributed by atoms with Crippen molar-refractivity contribution in [3.63, 3.8) is 0 Å². The molecule has 0 radical (unpaired) electrons. The summed E-state index contributed by atoms with van der Waals surface area (Å²) in [4.78, 5) is 40.1. The Kier molecular flexibility index (Phi) is 7.47. The van der Waals surface area contributed by atoms with Gasteiger partial charge in [0.25, 0.3) is 11.8 Å². The Morgan fingerprint density at radius 3 is 2.58 bits per heavy atom. The molecule has 3 aromatic carbocycles. The zero-order valence-electron chi connectivity index (χ0n) is 21.3. The standard InChI is InChI=1S/C28H24ClFN6O4/c1-2-31-21-7-3-5-19-18(21)13-14-35(25(19)26(37)32-17-11-9-16(10-12-17)28(39)40)27(38)22-15-36(34-33-22)23-8-4-6-20(29)24(23)30/h3-12,15,25,31H,2,13-14H2,1H3,(H,32,37)(H,39,40). The number of carboxylic acid groups (broad SMARTS) is 1. The van der Waals surface area contributed by atoms with Gasteiger partial charge in [-0.05, 0) is 66.9 Å². The van der Waals surface area contributed by atoms with Crippen LogP contribution >= 0.6 is 11.6 Å². The van der Waals surface area contributed by atoms with Crippen LogP contribution in [0.5, 0.6) is 0 Å². The first-order valence-electron chi connectivity index (χ1n) is 12.5. The van der Waals surface area contributed by atoms with E-state index < -0.39 is 29.6 Å². The number of halogens is 2. The highest BCUT2D eigenvalue weighted by Gasteiger charge is 2.38. The van der Waals surface area contributed by atoms with E-state index in [0.29, 0.717) is 24.2 Å². The van der Waals surface area contributed by atoms with Crippen LogP contribution in [-0.4, -0.2) is 55.9 Å². The van der Waals surface area contributed by atoms with Gasteiger partial charge in [-0.3, -0.25) is 9.59 Å². The molecule has 2 heterocycles. The van der Waals surface area contributed by atoms with E-state index in [0.717, 1.165) is 15.9 Å². The normalized spacial score (nSPS) is 14.4. The molecule has 10 nitrogen and oxygen atoms in total. The zero-order valence-corrected chi connectivity index (χ0v) is 22.0. The number of benzene rings is 3. The van der Waals surface area contributed by atoms with Gasteiger partial charge in [-0.15, -0.1) is 5.10 Å². The lowest BCUT2D eigenvalue weighted by molar-refractivity contribution is -0.121. The lowest BCUT2D eigenvalue weighted by Gasteiger charge is -2.36. The summed E-state index contributed by atoms with van der Waals surface area (Å²) in [5.74, 6) is -2.84. The molecule has 4 aromatic rings. The average molecular weight is 563 g/mol. The summed E-state index contributed by atoms with van der Waals surface area (Å²) in [5.41, 5.74) is 2.84. The number of carbonyl (C=O) groups excluding carboxylic acids is 2. The Hall–Kier alpha value is -4.77. The monoisotopic (exact) mass is 562 g/mol. The van der Waals surface area contributed by atoms with E-state index in [1.54, 1.807) is 12.1 Å². The molecule has 204 valence electrons. The summed E-state index contributed by atoms with van der Waals surface area (Å²) in [6, 6.07) is 14.6. The van der Waals surface area contributed by atoms with Crippen LogP contribution in [-0.2, 0) is 11.2 Å². The van der Waals surface area contributed by atoms with Gasteiger partial charge in [0.2, 0.25) is 0 Å². The molecule has 3 N–H and O–H groups in total. The maximum Gasteiger partial charge on any atom is 0.335 e. The van der Waals surface area contributed by atoms with Gasteiger partial charge in [0.15, 0.2) is 11.5 Å². The van der Waals surface area contributed by atoms with E-state index in [4.69, 9.17) is 11.6 Å². The average Bonchev–Trinajstić information content (AvgIpc) is 3.44. The van der Waals surface area contributed by atoms with Gasteiger partial charge in [-0.2, -0.15) is 0 Å². The molecule has 1 atom stereocenters. The molecule has 1 aliphatic heterocycles. The van der Waals surface area contributed by atoms with Gasteiger partial charge in [0.1, 0.15) is 11.7 Å². The fourth-order valence-electron chi connectivity index (χ4n) is 4.73. The summed E-state index contributed by atoms with van der Waals surface area (Å²) >= 11 is 5.89. The number of aromatic carboxylic acids is 1. The van der Waals surface area contributed by atoms with Crippen molar-refractivity contribution in [1.29, 1.82) is 0 Å². The highest BCUT2D eigenvalue weighted by Crippen LogP contribution is 2.36. The van der Waals surface area contributed by atoms with Crippen LogP contribution in [0.15, 0.2) is 66.9 Å². The van der Waals surface area contributed by atoms with Gasteiger partial charge in [-0.25, -0.2) is 13.9 Å². The molecule has 5 rings (SSSR count). The fourth-order valence-corrected chi connectivity index (χ4v) is 4.90. The van der Waals surface area contributed by atoms with Crippen LogP contribution in [0.3, 0.4) is 0 Å². The summed E-state index contributed by atoms with van der Waals surface area (Å²) in [7, 11) is 0. The Bertz CT molecular complexity index is 1610. The minimum absolute atomic E-state index is 0.0254. The van der Waals surface area contributed by atoms with Crippen LogP contribution in [0.1, 0.15) is 44.9 Å². The number of nitrogens with zero attached hydrogens (tertiary/aromatic N) is 4. The summed E-state index contributed by atoms with van der Waals surface area (Å²) in [5, 5.41) is 23.0.